The van der Waals surface area contributed by atoms with Gasteiger partial charge in [0.25, 0.3) is 0 Å². The lowest BCUT2D eigenvalue weighted by Crippen LogP contribution is -2.30. The van der Waals surface area contributed by atoms with Crippen LogP contribution in [0.15, 0.2) is 16.7 Å². The van der Waals surface area contributed by atoms with Gasteiger partial charge in [-0.1, -0.05) is 13.8 Å². The van der Waals surface area contributed by atoms with E-state index in [1.165, 1.54) is 0 Å². The van der Waals surface area contributed by atoms with E-state index in [0.717, 1.165) is 15.9 Å². The number of aliphatic hydroxyl groups is 1. The van der Waals surface area contributed by atoms with E-state index in [1.54, 1.807) is 0 Å². The minimum atomic E-state index is 0.0384. The Hall–Kier alpha value is -0.610. The van der Waals surface area contributed by atoms with Crippen LogP contribution < -0.4 is 5.32 Å². The van der Waals surface area contributed by atoms with E-state index in [-0.39, 0.29) is 12.6 Å². The summed E-state index contributed by atoms with van der Waals surface area (Å²) in [6, 6.07) is 2.04. The van der Waals surface area contributed by atoms with Crippen LogP contribution in [0.1, 0.15) is 19.4 Å². The van der Waals surface area contributed by atoms with Crippen LogP contribution in [0.5, 0.6) is 0 Å². The summed E-state index contributed by atoms with van der Waals surface area (Å²) in [6.45, 7) is 6.24. The summed E-state index contributed by atoms with van der Waals surface area (Å²) >= 11 is 3.45. The Morgan fingerprint density at radius 1 is 1.53 bits per heavy atom. The number of nitrogens with one attached hydrogen (secondary N) is 1. The molecular formula is C11H17BrN2O. The maximum atomic E-state index is 9.20. The predicted molar refractivity (Wildman–Crippen MR) is 66.0 cm³/mol. The molecule has 0 amide bonds. The fraction of sp³-hybridized carbons (Fsp3) is 0.545. The molecule has 0 saturated heterocycles. The Labute approximate surface area is 99.1 Å². The SMILES string of the molecule is Cc1cnc(NC(CO)C(C)C)c(Br)c1. The number of aromatic nitrogens is 1. The van der Waals surface area contributed by atoms with Crippen LogP contribution >= 0.6 is 15.9 Å². The molecule has 1 aromatic heterocycles. The molecule has 3 nitrogen and oxygen atoms in total. The molecule has 0 spiro atoms. The van der Waals surface area contributed by atoms with Crippen molar-refractivity contribution in [1.29, 1.82) is 0 Å². The van der Waals surface area contributed by atoms with Crippen molar-refractivity contribution in [3.63, 3.8) is 0 Å². The maximum Gasteiger partial charge on any atom is 0.140 e. The second kappa shape index (κ2) is 5.47. The first-order valence-corrected chi connectivity index (χ1v) is 5.83. The number of aryl methyl sites for hydroxylation is 1. The van der Waals surface area contributed by atoms with E-state index >= 15 is 0 Å². The topological polar surface area (TPSA) is 45.2 Å². The lowest BCUT2D eigenvalue weighted by molar-refractivity contribution is 0.249. The van der Waals surface area contributed by atoms with Gasteiger partial charge in [-0.2, -0.15) is 0 Å². The zero-order valence-electron chi connectivity index (χ0n) is 9.29. The Bertz CT molecular complexity index is 328. The summed E-state index contributed by atoms with van der Waals surface area (Å²) in [5.74, 6) is 1.15. The average molecular weight is 273 g/mol. The second-order valence-electron chi connectivity index (χ2n) is 4.02. The fourth-order valence-electron chi connectivity index (χ4n) is 1.24. The van der Waals surface area contributed by atoms with Gasteiger partial charge < -0.3 is 10.4 Å². The van der Waals surface area contributed by atoms with E-state index in [4.69, 9.17) is 0 Å². The molecule has 1 atom stereocenters. The lowest BCUT2D eigenvalue weighted by Gasteiger charge is -2.21. The van der Waals surface area contributed by atoms with Crippen LogP contribution in [0.3, 0.4) is 0 Å². The van der Waals surface area contributed by atoms with Gasteiger partial charge in [-0.25, -0.2) is 4.98 Å². The first-order chi connectivity index (χ1) is 7.04. The number of nitrogens with zero attached hydrogens (tertiary/aromatic N) is 1. The summed E-state index contributed by atoms with van der Waals surface area (Å²) < 4.78 is 0.932. The summed E-state index contributed by atoms with van der Waals surface area (Å²) in [6.07, 6.45) is 1.81. The van der Waals surface area contributed by atoms with Gasteiger partial charge in [0.1, 0.15) is 5.82 Å². The van der Waals surface area contributed by atoms with Crippen molar-refractivity contribution in [2.75, 3.05) is 11.9 Å². The van der Waals surface area contributed by atoms with Gasteiger partial charge in [0.05, 0.1) is 17.1 Å². The predicted octanol–water partition coefficient (Wildman–Crippen LogP) is 2.58. The monoisotopic (exact) mass is 272 g/mol. The van der Waals surface area contributed by atoms with Gasteiger partial charge in [0.2, 0.25) is 0 Å². The van der Waals surface area contributed by atoms with Crippen LogP contribution in [0.25, 0.3) is 0 Å². The molecule has 0 saturated carbocycles. The molecule has 0 radical (unpaired) electrons. The highest BCUT2D eigenvalue weighted by atomic mass is 79.9. The van der Waals surface area contributed by atoms with Crippen molar-refractivity contribution in [2.45, 2.75) is 26.8 Å². The summed E-state index contributed by atoms with van der Waals surface area (Å²) in [5, 5.41) is 12.4. The zero-order chi connectivity index (χ0) is 11.4. The number of pyridine rings is 1. The maximum absolute atomic E-state index is 9.20. The number of halogens is 1. The first kappa shape index (κ1) is 12.5. The van der Waals surface area contributed by atoms with Crippen molar-refractivity contribution in [2.24, 2.45) is 5.92 Å². The molecular weight excluding hydrogens is 256 g/mol. The van der Waals surface area contributed by atoms with Gasteiger partial charge in [-0.15, -0.1) is 0 Å². The van der Waals surface area contributed by atoms with Gasteiger partial charge in [-0.05, 0) is 40.4 Å². The Morgan fingerprint density at radius 2 is 2.20 bits per heavy atom. The van der Waals surface area contributed by atoms with E-state index < -0.39 is 0 Å². The Kier molecular flexibility index (Phi) is 4.54. The molecule has 0 aromatic carbocycles. The van der Waals surface area contributed by atoms with Crippen LogP contribution in [0.4, 0.5) is 5.82 Å². The summed E-state index contributed by atoms with van der Waals surface area (Å²) in [5.41, 5.74) is 1.11. The van der Waals surface area contributed by atoms with Crippen molar-refractivity contribution in [3.8, 4) is 0 Å². The van der Waals surface area contributed by atoms with Gasteiger partial charge in [0, 0.05) is 6.20 Å². The number of anilines is 1. The molecule has 1 rings (SSSR count). The minimum absolute atomic E-state index is 0.0384. The highest BCUT2D eigenvalue weighted by Crippen LogP contribution is 2.22. The van der Waals surface area contributed by atoms with Crippen LogP contribution in [0.2, 0.25) is 0 Å². The highest BCUT2D eigenvalue weighted by Gasteiger charge is 2.13. The standard InChI is InChI=1S/C11H17BrN2O/c1-7(2)10(6-15)14-11-9(12)4-8(3)5-13-11/h4-5,7,10,15H,6H2,1-3H3,(H,13,14). The molecule has 84 valence electrons. The third-order valence-corrected chi connectivity index (χ3v) is 2.91. The smallest absolute Gasteiger partial charge is 0.140 e. The molecule has 0 fully saturated rings. The number of rotatable bonds is 4. The molecule has 1 aromatic rings. The largest absolute Gasteiger partial charge is 0.394 e. The average Bonchev–Trinajstić information content (AvgIpc) is 2.16. The Balaban J connectivity index is 2.79. The molecule has 0 bridgehead atoms. The van der Waals surface area contributed by atoms with Gasteiger partial charge in [0.15, 0.2) is 0 Å². The van der Waals surface area contributed by atoms with Gasteiger partial charge >= 0.3 is 0 Å². The van der Waals surface area contributed by atoms with E-state index in [1.807, 2.05) is 19.2 Å². The van der Waals surface area contributed by atoms with E-state index in [0.29, 0.717) is 5.92 Å². The van der Waals surface area contributed by atoms with Crippen molar-refractivity contribution in [3.05, 3.63) is 22.3 Å². The molecule has 0 aliphatic rings. The van der Waals surface area contributed by atoms with Crippen LogP contribution in [-0.4, -0.2) is 22.7 Å². The number of hydrogen-bond donors (Lipinski definition) is 2. The molecule has 1 heterocycles. The van der Waals surface area contributed by atoms with E-state index in [9.17, 15) is 5.11 Å². The number of hydrogen-bond acceptors (Lipinski definition) is 3. The minimum Gasteiger partial charge on any atom is -0.394 e. The molecule has 0 aliphatic heterocycles. The third kappa shape index (κ3) is 3.47. The normalized spacial score (nSPS) is 12.9. The molecule has 2 N–H and O–H groups in total. The third-order valence-electron chi connectivity index (χ3n) is 2.30. The van der Waals surface area contributed by atoms with Crippen molar-refractivity contribution < 1.29 is 5.11 Å². The summed E-state index contributed by atoms with van der Waals surface area (Å²) in [7, 11) is 0. The summed E-state index contributed by atoms with van der Waals surface area (Å²) in [4.78, 5) is 4.28. The van der Waals surface area contributed by atoms with Crippen molar-refractivity contribution in [1.82, 2.24) is 4.98 Å². The first-order valence-electron chi connectivity index (χ1n) is 5.04. The number of aliphatic hydroxyl groups excluding tert-OH is 1. The zero-order valence-corrected chi connectivity index (χ0v) is 10.9. The second-order valence-corrected chi connectivity index (χ2v) is 4.87. The fourth-order valence-corrected chi connectivity index (χ4v) is 1.82. The van der Waals surface area contributed by atoms with Crippen LogP contribution in [0, 0.1) is 12.8 Å². The molecule has 0 aliphatic carbocycles. The van der Waals surface area contributed by atoms with Crippen LogP contribution in [-0.2, 0) is 0 Å². The Morgan fingerprint density at radius 3 is 2.67 bits per heavy atom. The molecule has 15 heavy (non-hydrogen) atoms. The lowest BCUT2D eigenvalue weighted by atomic mass is 10.1. The van der Waals surface area contributed by atoms with Crippen molar-refractivity contribution >= 4 is 21.7 Å². The van der Waals surface area contributed by atoms with Gasteiger partial charge in [-0.3, -0.25) is 0 Å². The molecule has 4 heteroatoms. The highest BCUT2D eigenvalue weighted by molar-refractivity contribution is 9.10. The molecule has 1 unspecified atom stereocenters. The quantitative estimate of drug-likeness (QED) is 0.886. The van der Waals surface area contributed by atoms with E-state index in [2.05, 4.69) is 40.1 Å².